The van der Waals surface area contributed by atoms with Crippen LogP contribution >= 0.6 is 0 Å². The first-order valence-electron chi connectivity index (χ1n) is 4.99. The summed E-state index contributed by atoms with van der Waals surface area (Å²) < 4.78 is 0. The van der Waals surface area contributed by atoms with Crippen molar-refractivity contribution in [2.75, 3.05) is 0 Å². The fourth-order valence-corrected chi connectivity index (χ4v) is 2.53. The van der Waals surface area contributed by atoms with E-state index in [4.69, 9.17) is 0 Å². The van der Waals surface area contributed by atoms with Crippen molar-refractivity contribution in [3.8, 4) is 0 Å². The number of benzene rings is 1. The van der Waals surface area contributed by atoms with E-state index in [-0.39, 0.29) is 32.7 Å². The van der Waals surface area contributed by atoms with Crippen molar-refractivity contribution < 1.29 is 32.7 Å². The van der Waals surface area contributed by atoms with Crippen LogP contribution in [0.1, 0.15) is 35.1 Å². The van der Waals surface area contributed by atoms with Gasteiger partial charge < -0.3 is 0 Å². The first-order chi connectivity index (χ1) is 5.93. The van der Waals surface area contributed by atoms with Gasteiger partial charge in [0.1, 0.15) is 0 Å². The summed E-state index contributed by atoms with van der Waals surface area (Å²) in [4.78, 5) is 0. The van der Waals surface area contributed by atoms with Crippen LogP contribution in [-0.2, 0) is 58.4 Å². The molecule has 2 aliphatic rings. The molecular formula is C12H13Y-. The molecule has 2 aliphatic carbocycles. The molecule has 0 spiro atoms. The Bertz CT molecular complexity index is 268. The van der Waals surface area contributed by atoms with E-state index in [9.17, 15) is 0 Å². The zero-order chi connectivity index (χ0) is 7.97. The van der Waals surface area contributed by atoms with E-state index in [1.165, 1.54) is 49.7 Å². The van der Waals surface area contributed by atoms with Crippen molar-refractivity contribution in [2.45, 2.75) is 38.5 Å². The van der Waals surface area contributed by atoms with Gasteiger partial charge in [-0.1, -0.05) is 38.5 Å². The van der Waals surface area contributed by atoms with Crippen molar-refractivity contribution in [3.63, 3.8) is 0 Å². The van der Waals surface area contributed by atoms with Crippen molar-refractivity contribution in [3.05, 3.63) is 34.4 Å². The fraction of sp³-hybridized carbons (Fsp3) is 0.500. The Morgan fingerprint density at radius 3 is 1.92 bits per heavy atom. The van der Waals surface area contributed by atoms with Crippen LogP contribution in [0.2, 0.25) is 0 Å². The molecule has 1 radical (unpaired) electrons. The van der Waals surface area contributed by atoms with E-state index < -0.39 is 0 Å². The van der Waals surface area contributed by atoms with Crippen molar-refractivity contribution in [1.29, 1.82) is 0 Å². The van der Waals surface area contributed by atoms with Gasteiger partial charge in [0.25, 0.3) is 0 Å². The summed E-state index contributed by atoms with van der Waals surface area (Å²) in [7, 11) is 0. The van der Waals surface area contributed by atoms with Crippen molar-refractivity contribution >= 4 is 0 Å². The van der Waals surface area contributed by atoms with Crippen molar-refractivity contribution in [1.82, 2.24) is 0 Å². The molecule has 0 saturated carbocycles. The maximum atomic E-state index is 3.61. The molecule has 0 saturated heterocycles. The molecule has 0 bridgehead atoms. The molecule has 0 fully saturated rings. The molecule has 0 atom stereocenters. The van der Waals surface area contributed by atoms with Crippen LogP contribution in [-0.4, -0.2) is 0 Å². The first-order valence-corrected chi connectivity index (χ1v) is 4.99. The Labute approximate surface area is 105 Å². The van der Waals surface area contributed by atoms with Gasteiger partial charge in [-0.25, -0.2) is 0 Å². The second-order valence-electron chi connectivity index (χ2n) is 3.98. The van der Waals surface area contributed by atoms with Crippen LogP contribution < -0.4 is 0 Å². The van der Waals surface area contributed by atoms with Gasteiger partial charge in [0, 0.05) is 32.7 Å². The first kappa shape index (κ1) is 9.86. The molecule has 0 N–H and O–H groups in total. The third-order valence-corrected chi connectivity index (χ3v) is 3.17. The number of hydrogen-bond donors (Lipinski definition) is 0. The summed E-state index contributed by atoms with van der Waals surface area (Å²) in [6.45, 7) is 0. The van der Waals surface area contributed by atoms with Gasteiger partial charge >= 0.3 is 0 Å². The van der Waals surface area contributed by atoms with E-state index in [0.717, 1.165) is 0 Å². The molecule has 0 aliphatic heterocycles. The monoisotopic (exact) mass is 246 g/mol. The molecule has 3 rings (SSSR count). The van der Waals surface area contributed by atoms with Crippen molar-refractivity contribution in [2.24, 2.45) is 0 Å². The molecule has 65 valence electrons. The van der Waals surface area contributed by atoms with Gasteiger partial charge in [0.05, 0.1) is 0 Å². The Balaban J connectivity index is 0.000000653. The Morgan fingerprint density at radius 1 is 0.846 bits per heavy atom. The molecule has 1 aromatic carbocycles. The molecule has 0 aromatic heterocycles. The van der Waals surface area contributed by atoms with Crippen LogP contribution in [0, 0.1) is 6.07 Å². The standard InChI is InChI=1S/C12H13.Y/c1-3-9-7-11-5-2-6-12(11)8-10(9)4-1;/h7H,1-6H2;/q-1;. The second kappa shape index (κ2) is 3.83. The quantitative estimate of drug-likeness (QED) is 0.617. The zero-order valence-corrected chi connectivity index (χ0v) is 10.7. The minimum atomic E-state index is 0. The van der Waals surface area contributed by atoms with E-state index in [1.54, 1.807) is 11.1 Å². The van der Waals surface area contributed by atoms with E-state index >= 15 is 0 Å². The number of fused-ring (bicyclic) bond motifs is 2. The Morgan fingerprint density at radius 2 is 1.38 bits per heavy atom. The second-order valence-corrected chi connectivity index (χ2v) is 3.98. The van der Waals surface area contributed by atoms with E-state index in [2.05, 4.69) is 12.1 Å². The number of hydrogen-bond acceptors (Lipinski definition) is 0. The normalized spacial score (nSPS) is 17.8. The molecular weight excluding hydrogens is 233 g/mol. The van der Waals surface area contributed by atoms with Gasteiger partial charge in [-0.15, -0.1) is 0 Å². The summed E-state index contributed by atoms with van der Waals surface area (Å²) in [5.74, 6) is 0. The molecule has 0 amide bonds. The van der Waals surface area contributed by atoms with E-state index in [1.807, 2.05) is 0 Å². The molecule has 13 heavy (non-hydrogen) atoms. The van der Waals surface area contributed by atoms with Crippen LogP contribution in [0.3, 0.4) is 0 Å². The smallest absolute Gasteiger partial charge is 0 e. The van der Waals surface area contributed by atoms with Gasteiger partial charge in [0.2, 0.25) is 0 Å². The minimum Gasteiger partial charge on any atom is -0.176 e. The Kier molecular flexibility index (Phi) is 2.90. The van der Waals surface area contributed by atoms with Crippen LogP contribution in [0.25, 0.3) is 0 Å². The molecule has 1 aromatic rings. The summed E-state index contributed by atoms with van der Waals surface area (Å²) in [6, 6.07) is 6.05. The van der Waals surface area contributed by atoms with Crippen LogP contribution in [0.4, 0.5) is 0 Å². The molecule has 0 nitrogen and oxygen atoms in total. The predicted octanol–water partition coefficient (Wildman–Crippen LogP) is 2.46. The minimum absolute atomic E-state index is 0. The molecule has 0 unspecified atom stereocenters. The van der Waals surface area contributed by atoms with E-state index in [0.29, 0.717) is 0 Å². The summed E-state index contributed by atoms with van der Waals surface area (Å²) >= 11 is 0. The molecule has 1 heteroatoms. The third kappa shape index (κ3) is 1.64. The SMILES string of the molecule is [Y].[c-]1c2c(cc3c1CCC3)CCC2. The maximum absolute atomic E-state index is 3.61. The average Bonchev–Trinajstić information content (AvgIpc) is 2.64. The fourth-order valence-electron chi connectivity index (χ4n) is 2.53. The average molecular weight is 246 g/mol. The molecule has 0 heterocycles. The van der Waals surface area contributed by atoms with Crippen LogP contribution in [0.15, 0.2) is 6.07 Å². The third-order valence-electron chi connectivity index (χ3n) is 3.17. The van der Waals surface area contributed by atoms with Gasteiger partial charge in [-0.2, -0.15) is 34.4 Å². The summed E-state index contributed by atoms with van der Waals surface area (Å²) in [5.41, 5.74) is 6.23. The van der Waals surface area contributed by atoms with Gasteiger partial charge in [-0.3, -0.25) is 0 Å². The van der Waals surface area contributed by atoms with Crippen LogP contribution in [0.5, 0.6) is 0 Å². The largest absolute Gasteiger partial charge is 0.176 e. The number of rotatable bonds is 0. The van der Waals surface area contributed by atoms with Gasteiger partial charge in [0.15, 0.2) is 0 Å². The van der Waals surface area contributed by atoms with Gasteiger partial charge in [-0.05, 0) is 0 Å². The summed E-state index contributed by atoms with van der Waals surface area (Å²) in [6.07, 6.45) is 7.88. The zero-order valence-electron chi connectivity index (χ0n) is 7.90. The topological polar surface area (TPSA) is 0 Å². The Hall–Kier alpha value is 0.324. The maximum Gasteiger partial charge on any atom is 0 e. The number of aryl methyl sites for hydroxylation is 4. The summed E-state index contributed by atoms with van der Waals surface area (Å²) in [5, 5.41) is 0. The predicted molar refractivity (Wildman–Crippen MR) is 49.3 cm³/mol.